The second-order valence-electron chi connectivity index (χ2n) is 9.08. The lowest BCUT2D eigenvalue weighted by Gasteiger charge is -2.25. The van der Waals surface area contributed by atoms with E-state index in [1.165, 1.54) is 25.7 Å². The van der Waals surface area contributed by atoms with Crippen LogP contribution in [0.1, 0.15) is 70.6 Å². The predicted molar refractivity (Wildman–Crippen MR) is 118 cm³/mol. The molecule has 3 rings (SSSR count). The van der Waals surface area contributed by atoms with E-state index >= 15 is 0 Å². The number of halogens is 1. The van der Waals surface area contributed by atoms with Crippen LogP contribution in [0.5, 0.6) is 0 Å². The van der Waals surface area contributed by atoms with E-state index in [1.54, 1.807) is 4.68 Å². The fourth-order valence-electron chi connectivity index (χ4n) is 3.90. The van der Waals surface area contributed by atoms with Gasteiger partial charge in [0.2, 0.25) is 0 Å². The Morgan fingerprint density at radius 3 is 2.76 bits per heavy atom. The minimum Gasteiger partial charge on any atom is -0.360 e. The summed E-state index contributed by atoms with van der Waals surface area (Å²) in [7, 11) is 1.89. The van der Waals surface area contributed by atoms with Gasteiger partial charge in [-0.15, -0.1) is 0 Å². The van der Waals surface area contributed by atoms with Gasteiger partial charge in [-0.3, -0.25) is 9.58 Å². The molecule has 6 nitrogen and oxygen atoms in total. The first kappa shape index (κ1) is 22.3. The number of hydrogen-bond donors (Lipinski definition) is 1. The highest BCUT2D eigenvalue weighted by Gasteiger charge is 2.24. The number of aromatic nitrogens is 3. The van der Waals surface area contributed by atoms with E-state index in [4.69, 9.17) is 16.1 Å². The molecule has 0 radical (unpaired) electrons. The molecule has 2 aromatic heterocycles. The molecule has 1 N–H and O–H groups in total. The van der Waals surface area contributed by atoms with Crippen LogP contribution in [0.4, 0.5) is 0 Å². The molecule has 2 aromatic rings. The van der Waals surface area contributed by atoms with Crippen molar-refractivity contribution in [3.8, 4) is 11.4 Å². The Balaban J connectivity index is 1.74. The van der Waals surface area contributed by atoms with Gasteiger partial charge in [0.1, 0.15) is 22.3 Å². The van der Waals surface area contributed by atoms with Gasteiger partial charge in [-0.05, 0) is 38.3 Å². The highest BCUT2D eigenvalue weighted by Crippen LogP contribution is 2.31. The van der Waals surface area contributed by atoms with Crippen molar-refractivity contribution in [2.24, 2.45) is 13.0 Å². The van der Waals surface area contributed by atoms with Crippen molar-refractivity contribution in [3.05, 3.63) is 22.5 Å². The Labute approximate surface area is 180 Å². The van der Waals surface area contributed by atoms with E-state index in [0.717, 1.165) is 54.8 Å². The Kier molecular flexibility index (Phi) is 7.77. The maximum atomic E-state index is 6.65. The summed E-state index contributed by atoms with van der Waals surface area (Å²) in [6.07, 6.45) is 4.95. The third-order valence-corrected chi connectivity index (χ3v) is 6.17. The van der Waals surface area contributed by atoms with Crippen molar-refractivity contribution in [2.75, 3.05) is 19.6 Å². The largest absolute Gasteiger partial charge is 0.360 e. The topological polar surface area (TPSA) is 59.1 Å². The van der Waals surface area contributed by atoms with Gasteiger partial charge in [-0.1, -0.05) is 50.9 Å². The molecule has 1 aliphatic heterocycles. The quantitative estimate of drug-likeness (QED) is 0.660. The van der Waals surface area contributed by atoms with E-state index in [2.05, 4.69) is 48.2 Å². The summed E-state index contributed by atoms with van der Waals surface area (Å²) in [5, 5.41) is 13.4. The number of aryl methyl sites for hydroxylation is 1. The third kappa shape index (κ3) is 5.83. The predicted octanol–water partition coefficient (Wildman–Crippen LogP) is 4.84. The monoisotopic (exact) mass is 421 g/mol. The fraction of sp³-hybridized carbons (Fsp3) is 0.727. The first-order chi connectivity index (χ1) is 13.8. The van der Waals surface area contributed by atoms with E-state index in [9.17, 15) is 0 Å². The van der Waals surface area contributed by atoms with Crippen LogP contribution in [0.3, 0.4) is 0 Å². The Morgan fingerprint density at radius 1 is 1.28 bits per heavy atom. The second-order valence-corrected chi connectivity index (χ2v) is 9.43. The number of nitrogens with one attached hydrogen (secondary N) is 1. The Bertz CT molecular complexity index is 782. The van der Waals surface area contributed by atoms with Gasteiger partial charge in [0, 0.05) is 43.7 Å². The first-order valence-corrected chi connectivity index (χ1v) is 11.4. The zero-order chi connectivity index (χ0) is 21.0. The average molecular weight is 422 g/mol. The molecule has 0 amide bonds. The molecule has 0 aromatic carbocycles. The number of rotatable bonds is 8. The Hall–Kier alpha value is -1.37. The smallest absolute Gasteiger partial charge is 0.139 e. The standard InChI is InChI=1S/C22H36ClN5O/c1-15(2)9-10-24-17-8-6-7-11-28(13-17)14-18-21(25-27(5)22(18)23)19-12-20(16(3)4)29-26-19/h12,15-17,24H,6-11,13-14H2,1-5H3. The summed E-state index contributed by atoms with van der Waals surface area (Å²) in [5.41, 5.74) is 2.65. The van der Waals surface area contributed by atoms with Crippen molar-refractivity contribution in [3.63, 3.8) is 0 Å². The molecule has 1 unspecified atom stereocenters. The zero-order valence-electron chi connectivity index (χ0n) is 18.5. The molecule has 0 bridgehead atoms. The van der Waals surface area contributed by atoms with Crippen LogP contribution >= 0.6 is 11.6 Å². The number of hydrogen-bond acceptors (Lipinski definition) is 5. The molecule has 0 saturated carbocycles. The molecule has 0 spiro atoms. The number of likely N-dealkylation sites (tertiary alicyclic amines) is 1. The summed E-state index contributed by atoms with van der Waals surface area (Å²) in [6.45, 7) is 12.8. The van der Waals surface area contributed by atoms with Gasteiger partial charge in [0.05, 0.1) is 0 Å². The normalized spacial score (nSPS) is 18.7. The molecule has 1 aliphatic rings. The molecule has 0 aliphatic carbocycles. The minimum atomic E-state index is 0.294. The van der Waals surface area contributed by atoms with Crippen molar-refractivity contribution < 1.29 is 4.52 Å². The average Bonchev–Trinajstić information content (AvgIpc) is 3.17. The minimum absolute atomic E-state index is 0.294. The summed E-state index contributed by atoms with van der Waals surface area (Å²) < 4.78 is 7.25. The fourth-order valence-corrected chi connectivity index (χ4v) is 4.08. The van der Waals surface area contributed by atoms with Gasteiger partial charge in [0.15, 0.2) is 0 Å². The van der Waals surface area contributed by atoms with Crippen LogP contribution in [0, 0.1) is 5.92 Å². The summed E-state index contributed by atoms with van der Waals surface area (Å²) in [4.78, 5) is 2.51. The van der Waals surface area contributed by atoms with Gasteiger partial charge < -0.3 is 9.84 Å². The molecule has 29 heavy (non-hydrogen) atoms. The molecule has 1 atom stereocenters. The van der Waals surface area contributed by atoms with E-state index in [1.807, 2.05) is 13.1 Å². The van der Waals surface area contributed by atoms with Crippen molar-refractivity contribution in [1.29, 1.82) is 0 Å². The molecule has 3 heterocycles. The summed E-state index contributed by atoms with van der Waals surface area (Å²) in [5.74, 6) is 1.90. The lowest BCUT2D eigenvalue weighted by atomic mass is 10.1. The van der Waals surface area contributed by atoms with Crippen LogP contribution in [0.15, 0.2) is 10.6 Å². The van der Waals surface area contributed by atoms with Crippen LogP contribution in [-0.2, 0) is 13.6 Å². The van der Waals surface area contributed by atoms with E-state index in [-0.39, 0.29) is 0 Å². The molecular formula is C22H36ClN5O. The SMILES string of the molecule is CC(C)CCNC1CCCCN(Cc2c(-c3cc(C(C)C)on3)nn(C)c2Cl)C1. The molecule has 162 valence electrons. The lowest BCUT2D eigenvalue weighted by Crippen LogP contribution is -2.40. The molecule has 1 saturated heterocycles. The Morgan fingerprint density at radius 2 is 2.07 bits per heavy atom. The lowest BCUT2D eigenvalue weighted by molar-refractivity contribution is 0.250. The van der Waals surface area contributed by atoms with Crippen LogP contribution in [-0.4, -0.2) is 45.5 Å². The van der Waals surface area contributed by atoms with Gasteiger partial charge in [-0.25, -0.2) is 0 Å². The van der Waals surface area contributed by atoms with Gasteiger partial charge in [-0.2, -0.15) is 5.10 Å². The number of nitrogens with zero attached hydrogens (tertiary/aromatic N) is 4. The maximum Gasteiger partial charge on any atom is 0.139 e. The molecule has 7 heteroatoms. The maximum absolute atomic E-state index is 6.65. The zero-order valence-corrected chi connectivity index (χ0v) is 19.3. The van der Waals surface area contributed by atoms with Crippen LogP contribution < -0.4 is 5.32 Å². The highest BCUT2D eigenvalue weighted by atomic mass is 35.5. The third-order valence-electron chi connectivity index (χ3n) is 5.70. The van der Waals surface area contributed by atoms with Crippen molar-refractivity contribution >= 4 is 11.6 Å². The van der Waals surface area contributed by atoms with Crippen LogP contribution in [0.2, 0.25) is 5.15 Å². The summed E-state index contributed by atoms with van der Waals surface area (Å²) >= 11 is 6.65. The second kappa shape index (κ2) is 10.1. The highest BCUT2D eigenvalue weighted by molar-refractivity contribution is 6.30. The molecular weight excluding hydrogens is 386 g/mol. The van der Waals surface area contributed by atoms with Gasteiger partial charge >= 0.3 is 0 Å². The molecule has 1 fully saturated rings. The van der Waals surface area contributed by atoms with E-state index < -0.39 is 0 Å². The van der Waals surface area contributed by atoms with Gasteiger partial charge in [0.25, 0.3) is 0 Å². The van der Waals surface area contributed by atoms with E-state index in [0.29, 0.717) is 17.1 Å². The van der Waals surface area contributed by atoms with Crippen molar-refractivity contribution in [1.82, 2.24) is 25.2 Å². The van der Waals surface area contributed by atoms with Crippen molar-refractivity contribution in [2.45, 2.75) is 71.9 Å². The summed E-state index contributed by atoms with van der Waals surface area (Å²) in [6, 6.07) is 2.53. The first-order valence-electron chi connectivity index (χ1n) is 11.0. The van der Waals surface area contributed by atoms with Crippen LogP contribution in [0.25, 0.3) is 11.4 Å².